The second-order valence-electron chi connectivity index (χ2n) is 1.39. The van der Waals surface area contributed by atoms with Gasteiger partial charge < -0.3 is 0 Å². The summed E-state index contributed by atoms with van der Waals surface area (Å²) in [4.78, 5) is 0. The van der Waals surface area contributed by atoms with E-state index >= 15 is 0 Å². The summed E-state index contributed by atoms with van der Waals surface area (Å²) in [7, 11) is 3.85. The molecule has 0 spiro atoms. The molecule has 0 aliphatic carbocycles. The van der Waals surface area contributed by atoms with Gasteiger partial charge in [-0.2, -0.15) is 11.8 Å². The molecule has 64 valence electrons. The smallest absolute Gasteiger partial charge is 0.000844 e. The Kier molecular flexibility index (Phi) is 22.6. The molecule has 3 heteroatoms. The Morgan fingerprint density at radius 3 is 1.20 bits per heavy atom. The molecule has 0 bridgehead atoms. The minimum atomic E-state index is 1.23. The molecule has 0 fully saturated rings. The molecule has 0 rings (SSSR count). The van der Waals surface area contributed by atoms with E-state index in [-0.39, 0.29) is 0 Å². The number of rotatable bonds is 4. The average Bonchev–Trinajstić information content (AvgIpc) is 2.01. The van der Waals surface area contributed by atoms with Crippen LogP contribution in [0.1, 0.15) is 20.8 Å². The van der Waals surface area contributed by atoms with Crippen LogP contribution in [-0.4, -0.2) is 23.5 Å². The molecule has 0 N–H and O–H groups in total. The van der Waals surface area contributed by atoms with Crippen molar-refractivity contribution in [2.75, 3.05) is 23.5 Å². The number of thioether (sulfide) groups is 1. The van der Waals surface area contributed by atoms with Crippen molar-refractivity contribution >= 4 is 33.3 Å². The van der Waals surface area contributed by atoms with E-state index in [4.69, 9.17) is 0 Å². The highest BCUT2D eigenvalue weighted by Crippen LogP contribution is 2.18. The standard InChI is InChI=1S/C4H10S2.C3H8S/c1-3-5-6-4-2;1-3-4-2/h3-4H2,1-2H3;3H2,1-2H3. The monoisotopic (exact) mass is 198 g/mol. The van der Waals surface area contributed by atoms with Gasteiger partial charge >= 0.3 is 0 Å². The van der Waals surface area contributed by atoms with Crippen LogP contribution in [0.5, 0.6) is 0 Å². The molecule has 0 saturated carbocycles. The lowest BCUT2D eigenvalue weighted by Gasteiger charge is -1.86. The van der Waals surface area contributed by atoms with E-state index in [1.54, 1.807) is 0 Å². The molecule has 0 amide bonds. The Morgan fingerprint density at radius 1 is 0.800 bits per heavy atom. The van der Waals surface area contributed by atoms with Crippen LogP contribution in [0.2, 0.25) is 0 Å². The first-order valence-electron chi connectivity index (χ1n) is 3.56. The van der Waals surface area contributed by atoms with Crippen molar-refractivity contribution in [3.8, 4) is 0 Å². The van der Waals surface area contributed by atoms with Crippen LogP contribution in [0.25, 0.3) is 0 Å². The molecule has 0 aromatic rings. The SMILES string of the molecule is CCSC.CCSSCC. The topological polar surface area (TPSA) is 0 Å². The fourth-order valence-corrected chi connectivity index (χ4v) is 1.50. The van der Waals surface area contributed by atoms with Crippen LogP contribution in [0.4, 0.5) is 0 Å². The second-order valence-corrected chi connectivity index (χ2v) is 5.59. The Hall–Kier alpha value is 1.05. The minimum Gasteiger partial charge on any atom is -0.166 e. The van der Waals surface area contributed by atoms with E-state index in [1.807, 2.05) is 33.3 Å². The molecular formula is C7H18S3. The maximum absolute atomic E-state index is 2.17. The van der Waals surface area contributed by atoms with E-state index in [0.29, 0.717) is 0 Å². The van der Waals surface area contributed by atoms with Crippen molar-refractivity contribution in [1.82, 2.24) is 0 Å². The summed E-state index contributed by atoms with van der Waals surface area (Å²) in [6.45, 7) is 6.49. The van der Waals surface area contributed by atoms with Gasteiger partial charge in [-0.15, -0.1) is 0 Å². The molecule has 0 radical (unpaired) electrons. The number of hydrogen-bond acceptors (Lipinski definition) is 3. The molecule has 0 aliphatic heterocycles. The summed E-state index contributed by atoms with van der Waals surface area (Å²) in [5, 5.41) is 0. The second kappa shape index (κ2) is 16.6. The lowest BCUT2D eigenvalue weighted by molar-refractivity contribution is 1.53. The summed E-state index contributed by atoms with van der Waals surface area (Å²) < 4.78 is 0. The Balaban J connectivity index is 0. The van der Waals surface area contributed by atoms with E-state index in [0.717, 1.165) is 0 Å². The molecule has 0 aromatic carbocycles. The highest BCUT2D eigenvalue weighted by molar-refractivity contribution is 8.76. The first-order valence-corrected chi connectivity index (χ1v) is 7.44. The third kappa shape index (κ3) is 23.0. The van der Waals surface area contributed by atoms with Gasteiger partial charge in [-0.1, -0.05) is 42.4 Å². The van der Waals surface area contributed by atoms with Crippen LogP contribution >= 0.6 is 33.3 Å². The lowest BCUT2D eigenvalue weighted by atomic mass is 11.0. The molecule has 0 unspecified atom stereocenters. The van der Waals surface area contributed by atoms with Crippen LogP contribution in [0.3, 0.4) is 0 Å². The fourth-order valence-electron chi connectivity index (χ4n) is 0.167. The van der Waals surface area contributed by atoms with Crippen LogP contribution in [0.15, 0.2) is 0 Å². The maximum atomic E-state index is 2.17. The molecule has 0 aliphatic rings. The van der Waals surface area contributed by atoms with Crippen molar-refractivity contribution < 1.29 is 0 Å². The van der Waals surface area contributed by atoms with Crippen LogP contribution in [-0.2, 0) is 0 Å². The molecule has 0 heterocycles. The summed E-state index contributed by atoms with van der Waals surface area (Å²) in [5.74, 6) is 3.71. The van der Waals surface area contributed by atoms with Gasteiger partial charge in [0.25, 0.3) is 0 Å². The largest absolute Gasteiger partial charge is 0.166 e. The summed E-state index contributed by atoms with van der Waals surface area (Å²) in [6.07, 6.45) is 2.10. The summed E-state index contributed by atoms with van der Waals surface area (Å²) in [5.41, 5.74) is 0. The van der Waals surface area contributed by atoms with Gasteiger partial charge in [0.15, 0.2) is 0 Å². The Morgan fingerprint density at radius 2 is 1.10 bits per heavy atom. The third-order valence-electron chi connectivity index (χ3n) is 0.608. The Bertz CT molecular complexity index is 33.8. The summed E-state index contributed by atoms with van der Waals surface area (Å²) >= 11 is 1.86. The highest BCUT2D eigenvalue weighted by atomic mass is 33.1. The van der Waals surface area contributed by atoms with Crippen molar-refractivity contribution in [1.29, 1.82) is 0 Å². The first-order chi connectivity index (χ1) is 4.83. The van der Waals surface area contributed by atoms with Gasteiger partial charge in [0.1, 0.15) is 0 Å². The lowest BCUT2D eigenvalue weighted by Crippen LogP contribution is -1.59. The molecule has 10 heavy (non-hydrogen) atoms. The summed E-state index contributed by atoms with van der Waals surface area (Å²) in [6, 6.07) is 0. The molecule has 0 atom stereocenters. The van der Waals surface area contributed by atoms with E-state index < -0.39 is 0 Å². The average molecular weight is 198 g/mol. The predicted octanol–water partition coefficient (Wildman–Crippen LogP) is 3.78. The zero-order chi connectivity index (χ0) is 8.24. The van der Waals surface area contributed by atoms with Gasteiger partial charge in [-0.05, 0) is 12.0 Å². The molecule has 0 nitrogen and oxygen atoms in total. The van der Waals surface area contributed by atoms with Gasteiger partial charge in [0, 0.05) is 11.5 Å². The zero-order valence-corrected chi connectivity index (χ0v) is 9.80. The van der Waals surface area contributed by atoms with Gasteiger partial charge in [0.05, 0.1) is 0 Å². The minimum absolute atomic E-state index is 1.23. The predicted molar refractivity (Wildman–Crippen MR) is 60.3 cm³/mol. The molecule has 0 aromatic heterocycles. The first kappa shape index (κ1) is 13.6. The van der Waals surface area contributed by atoms with E-state index in [2.05, 4.69) is 27.0 Å². The maximum Gasteiger partial charge on any atom is 0.000844 e. The van der Waals surface area contributed by atoms with Crippen molar-refractivity contribution in [3.63, 3.8) is 0 Å². The van der Waals surface area contributed by atoms with Crippen molar-refractivity contribution in [3.05, 3.63) is 0 Å². The van der Waals surface area contributed by atoms with Gasteiger partial charge in [0.2, 0.25) is 0 Å². The van der Waals surface area contributed by atoms with Crippen molar-refractivity contribution in [2.24, 2.45) is 0 Å². The van der Waals surface area contributed by atoms with E-state index in [1.165, 1.54) is 17.3 Å². The van der Waals surface area contributed by atoms with E-state index in [9.17, 15) is 0 Å². The van der Waals surface area contributed by atoms with Crippen molar-refractivity contribution in [2.45, 2.75) is 20.8 Å². The Labute approximate surface area is 77.7 Å². The van der Waals surface area contributed by atoms with Crippen LogP contribution in [0, 0.1) is 0 Å². The highest BCUT2D eigenvalue weighted by Gasteiger charge is 1.75. The zero-order valence-electron chi connectivity index (χ0n) is 7.35. The molecule has 0 saturated heterocycles. The third-order valence-corrected chi connectivity index (χ3v) is 3.74. The van der Waals surface area contributed by atoms with Gasteiger partial charge in [-0.25, -0.2) is 0 Å². The van der Waals surface area contributed by atoms with Crippen LogP contribution < -0.4 is 0 Å². The van der Waals surface area contributed by atoms with Gasteiger partial charge in [-0.3, -0.25) is 0 Å². The molecular weight excluding hydrogens is 180 g/mol. The number of hydrogen-bond donors (Lipinski definition) is 0. The fraction of sp³-hybridized carbons (Fsp3) is 1.00. The normalized spacial score (nSPS) is 8.40. The quantitative estimate of drug-likeness (QED) is 0.498.